The topological polar surface area (TPSA) is 95.6 Å². The van der Waals surface area contributed by atoms with Gasteiger partial charge in [0, 0.05) is 6.20 Å². The third kappa shape index (κ3) is 1.26. The van der Waals surface area contributed by atoms with Crippen LogP contribution in [0.3, 0.4) is 0 Å². The minimum atomic E-state index is 0.406. The van der Waals surface area contributed by atoms with E-state index < -0.39 is 0 Å². The van der Waals surface area contributed by atoms with Gasteiger partial charge in [0.25, 0.3) is 5.95 Å². The highest BCUT2D eigenvalue weighted by molar-refractivity contribution is 5.42. The van der Waals surface area contributed by atoms with Crippen LogP contribution in [0.2, 0.25) is 0 Å². The minimum Gasteiger partial charge on any atom is -0.396 e. The lowest BCUT2D eigenvalue weighted by atomic mass is 10.4. The first-order valence-corrected chi connectivity index (χ1v) is 4.07. The van der Waals surface area contributed by atoms with Crippen molar-refractivity contribution in [1.29, 1.82) is 0 Å². The van der Waals surface area contributed by atoms with E-state index in [0.717, 1.165) is 5.69 Å². The monoisotopic (exact) mass is 190 g/mol. The molecule has 2 aromatic heterocycles. The molecule has 0 fully saturated rings. The number of nitrogens with zero attached hydrogens (tertiary/aromatic N) is 4. The maximum Gasteiger partial charge on any atom is 0.252 e. The fourth-order valence-corrected chi connectivity index (χ4v) is 1.09. The first-order chi connectivity index (χ1) is 6.68. The molecule has 4 N–H and O–H groups in total. The molecule has 2 aromatic rings. The second-order valence-electron chi connectivity index (χ2n) is 2.88. The van der Waals surface area contributed by atoms with Gasteiger partial charge < -0.3 is 11.5 Å². The highest BCUT2D eigenvalue weighted by Gasteiger charge is 2.07. The molecule has 0 bridgehead atoms. The van der Waals surface area contributed by atoms with Crippen LogP contribution < -0.4 is 11.5 Å². The average Bonchev–Trinajstić information content (AvgIpc) is 2.48. The van der Waals surface area contributed by atoms with Crippen LogP contribution in [0.25, 0.3) is 5.95 Å². The lowest BCUT2D eigenvalue weighted by Crippen LogP contribution is -2.06. The quantitative estimate of drug-likeness (QED) is 0.666. The third-order valence-electron chi connectivity index (χ3n) is 1.90. The predicted molar refractivity (Wildman–Crippen MR) is 52.7 cm³/mol. The Hall–Kier alpha value is -2.11. The van der Waals surface area contributed by atoms with Crippen molar-refractivity contribution in [3.05, 3.63) is 24.2 Å². The van der Waals surface area contributed by atoms with Gasteiger partial charge in [-0.15, -0.1) is 0 Å². The van der Waals surface area contributed by atoms with E-state index in [-0.39, 0.29) is 0 Å². The van der Waals surface area contributed by atoms with Crippen LogP contribution in [-0.2, 0) is 0 Å². The van der Waals surface area contributed by atoms with Crippen molar-refractivity contribution >= 4 is 11.5 Å². The Morgan fingerprint density at radius 2 is 2.14 bits per heavy atom. The zero-order valence-corrected chi connectivity index (χ0v) is 7.68. The molecule has 0 atom stereocenters. The van der Waals surface area contributed by atoms with Crippen LogP contribution in [0.5, 0.6) is 0 Å². The van der Waals surface area contributed by atoms with Gasteiger partial charge in [-0.1, -0.05) is 0 Å². The second-order valence-corrected chi connectivity index (χ2v) is 2.88. The van der Waals surface area contributed by atoms with Crippen molar-refractivity contribution in [2.45, 2.75) is 6.92 Å². The number of anilines is 2. The first-order valence-electron chi connectivity index (χ1n) is 4.07. The molecule has 0 amide bonds. The zero-order chi connectivity index (χ0) is 10.1. The average molecular weight is 190 g/mol. The van der Waals surface area contributed by atoms with Crippen molar-refractivity contribution < 1.29 is 0 Å². The summed E-state index contributed by atoms with van der Waals surface area (Å²) >= 11 is 0. The van der Waals surface area contributed by atoms with Crippen LogP contribution in [0.4, 0.5) is 11.5 Å². The molecule has 0 saturated carbocycles. The van der Waals surface area contributed by atoms with E-state index in [0.29, 0.717) is 17.5 Å². The van der Waals surface area contributed by atoms with Crippen molar-refractivity contribution in [2.24, 2.45) is 0 Å². The smallest absolute Gasteiger partial charge is 0.252 e. The Morgan fingerprint density at radius 1 is 1.36 bits per heavy atom. The lowest BCUT2D eigenvalue weighted by molar-refractivity contribution is 0.785. The Bertz CT molecular complexity index is 461. The largest absolute Gasteiger partial charge is 0.396 e. The van der Waals surface area contributed by atoms with Crippen LogP contribution in [0, 0.1) is 6.92 Å². The SMILES string of the molecule is Cc1c(N)cnn1-c1nccc(N)n1. The van der Waals surface area contributed by atoms with Crippen LogP contribution in [0.1, 0.15) is 5.69 Å². The van der Waals surface area contributed by atoms with Crippen molar-refractivity contribution in [3.63, 3.8) is 0 Å². The third-order valence-corrected chi connectivity index (χ3v) is 1.90. The number of aromatic nitrogens is 4. The molecule has 2 heterocycles. The number of nitrogens with two attached hydrogens (primary N) is 2. The Kier molecular flexibility index (Phi) is 1.81. The van der Waals surface area contributed by atoms with E-state index >= 15 is 0 Å². The van der Waals surface area contributed by atoms with Crippen molar-refractivity contribution in [1.82, 2.24) is 19.7 Å². The summed E-state index contributed by atoms with van der Waals surface area (Å²) in [7, 11) is 0. The van der Waals surface area contributed by atoms with Gasteiger partial charge in [0.05, 0.1) is 17.6 Å². The van der Waals surface area contributed by atoms with Gasteiger partial charge in [0.2, 0.25) is 0 Å². The fourth-order valence-electron chi connectivity index (χ4n) is 1.09. The summed E-state index contributed by atoms with van der Waals surface area (Å²) < 4.78 is 1.55. The summed E-state index contributed by atoms with van der Waals surface area (Å²) in [6, 6.07) is 1.62. The molecule has 0 saturated heterocycles. The van der Waals surface area contributed by atoms with Crippen LogP contribution in [0.15, 0.2) is 18.5 Å². The first kappa shape index (κ1) is 8.49. The molecule has 0 spiro atoms. The minimum absolute atomic E-state index is 0.406. The Balaban J connectivity index is 2.55. The second kappa shape index (κ2) is 2.99. The van der Waals surface area contributed by atoms with E-state index in [4.69, 9.17) is 11.5 Å². The van der Waals surface area contributed by atoms with Gasteiger partial charge in [0.15, 0.2) is 0 Å². The maximum absolute atomic E-state index is 5.65. The number of nitrogen functional groups attached to an aromatic ring is 2. The summed E-state index contributed by atoms with van der Waals surface area (Å²) in [5.41, 5.74) is 12.6. The summed E-state index contributed by atoms with van der Waals surface area (Å²) in [5, 5.41) is 4.04. The fraction of sp³-hybridized carbons (Fsp3) is 0.125. The standard InChI is InChI=1S/C8H10N6/c1-5-6(9)4-12-14(5)8-11-3-2-7(10)13-8/h2-4H,9H2,1H3,(H2,10,11,13). The van der Waals surface area contributed by atoms with E-state index in [1.54, 1.807) is 23.1 Å². The van der Waals surface area contributed by atoms with Crippen LogP contribution >= 0.6 is 0 Å². The molecule has 0 aliphatic heterocycles. The number of rotatable bonds is 1. The van der Waals surface area contributed by atoms with Crippen molar-refractivity contribution in [3.8, 4) is 5.95 Å². The molecule has 6 heteroatoms. The van der Waals surface area contributed by atoms with Crippen molar-refractivity contribution in [2.75, 3.05) is 11.5 Å². The van der Waals surface area contributed by atoms with Gasteiger partial charge in [-0.25, -0.2) is 9.67 Å². The number of hydrogen-bond donors (Lipinski definition) is 2. The maximum atomic E-state index is 5.65. The molecule has 0 unspecified atom stereocenters. The highest BCUT2D eigenvalue weighted by atomic mass is 15.4. The summed E-state index contributed by atoms with van der Waals surface area (Å²) in [5.74, 6) is 0.836. The van der Waals surface area contributed by atoms with Gasteiger partial charge in [0.1, 0.15) is 5.82 Å². The molecule has 6 nitrogen and oxygen atoms in total. The molecular weight excluding hydrogens is 180 g/mol. The molecule has 72 valence electrons. The van der Waals surface area contributed by atoms with Crippen LogP contribution in [-0.4, -0.2) is 19.7 Å². The van der Waals surface area contributed by atoms with Gasteiger partial charge in [-0.2, -0.15) is 10.1 Å². The Labute approximate surface area is 80.6 Å². The van der Waals surface area contributed by atoms with Gasteiger partial charge in [-0.3, -0.25) is 0 Å². The van der Waals surface area contributed by atoms with Gasteiger partial charge >= 0.3 is 0 Å². The predicted octanol–water partition coefficient (Wildman–Crippen LogP) is 0.135. The summed E-state index contributed by atoms with van der Waals surface area (Å²) in [4.78, 5) is 8.07. The molecule has 0 radical (unpaired) electrons. The molecule has 0 aliphatic carbocycles. The summed E-state index contributed by atoms with van der Waals surface area (Å²) in [6.45, 7) is 1.84. The highest BCUT2D eigenvalue weighted by Crippen LogP contribution is 2.12. The van der Waals surface area contributed by atoms with Gasteiger partial charge in [-0.05, 0) is 13.0 Å². The number of hydrogen-bond acceptors (Lipinski definition) is 5. The molecule has 0 aliphatic rings. The van der Waals surface area contributed by atoms with E-state index in [1.807, 2.05) is 6.92 Å². The van der Waals surface area contributed by atoms with E-state index in [2.05, 4.69) is 15.1 Å². The molecular formula is C8H10N6. The normalized spacial score (nSPS) is 10.4. The molecule has 0 aromatic carbocycles. The molecule has 2 rings (SSSR count). The Morgan fingerprint density at radius 3 is 2.71 bits per heavy atom. The zero-order valence-electron chi connectivity index (χ0n) is 7.68. The van der Waals surface area contributed by atoms with E-state index in [9.17, 15) is 0 Å². The molecule has 14 heavy (non-hydrogen) atoms. The van der Waals surface area contributed by atoms with E-state index in [1.165, 1.54) is 0 Å². The summed E-state index contributed by atoms with van der Waals surface area (Å²) in [6.07, 6.45) is 3.14. The lowest BCUT2D eigenvalue weighted by Gasteiger charge is -2.02.